The molecule has 0 aliphatic carbocycles. The molecule has 2 heterocycles. The molecular formula is C16H11BrN6O. The summed E-state index contributed by atoms with van der Waals surface area (Å²) in [6.45, 7) is 0. The molecule has 4 rings (SSSR count). The Kier molecular flexibility index (Phi) is 3.39. The van der Waals surface area contributed by atoms with Gasteiger partial charge >= 0.3 is 0 Å². The summed E-state index contributed by atoms with van der Waals surface area (Å²) < 4.78 is 0.945. The number of nitrogens with one attached hydrogen (secondary N) is 1. The van der Waals surface area contributed by atoms with E-state index in [4.69, 9.17) is 5.84 Å². The van der Waals surface area contributed by atoms with E-state index in [0.717, 1.165) is 15.4 Å². The van der Waals surface area contributed by atoms with Crippen molar-refractivity contribution in [1.82, 2.24) is 20.2 Å². The van der Waals surface area contributed by atoms with Crippen molar-refractivity contribution >= 4 is 43.7 Å². The Bertz CT molecular complexity index is 1100. The number of hydrogen-bond acceptors (Lipinski definition) is 6. The first kappa shape index (κ1) is 14.6. The summed E-state index contributed by atoms with van der Waals surface area (Å²) in [5.74, 6) is 5.78. The molecule has 4 aromatic rings. The van der Waals surface area contributed by atoms with Crippen LogP contribution in [0.5, 0.6) is 5.75 Å². The Morgan fingerprint density at radius 1 is 1.17 bits per heavy atom. The first-order valence-electron chi connectivity index (χ1n) is 7.05. The lowest BCUT2D eigenvalue weighted by atomic mass is 10.1. The molecule has 0 spiro atoms. The van der Waals surface area contributed by atoms with E-state index in [1.165, 1.54) is 0 Å². The zero-order valence-corrected chi connectivity index (χ0v) is 13.8. The second-order valence-corrected chi connectivity index (χ2v) is 6.06. The Morgan fingerprint density at radius 2 is 2.00 bits per heavy atom. The maximum absolute atomic E-state index is 10.0. The van der Waals surface area contributed by atoms with Gasteiger partial charge in [0.25, 0.3) is 0 Å². The van der Waals surface area contributed by atoms with Crippen LogP contribution in [-0.4, -0.2) is 31.0 Å². The SMILES string of the molecule is N/N=C(/c1nnc2c(n1)[nH]c1ccc(Br)cc12)c1ccccc1O. The first-order chi connectivity index (χ1) is 11.7. The Morgan fingerprint density at radius 3 is 2.79 bits per heavy atom. The fraction of sp³-hybridized carbons (Fsp3) is 0. The standard InChI is InChI=1S/C16H11BrN6O/c17-8-5-6-11-10(7-8)14-15(19-11)20-16(23-22-14)13(21-18)9-3-1-2-4-12(9)24/h1-7,24H,18H2,(H,19,20,23)/b21-13+. The van der Waals surface area contributed by atoms with Crippen molar-refractivity contribution in [1.29, 1.82) is 0 Å². The Labute approximate surface area is 144 Å². The van der Waals surface area contributed by atoms with Gasteiger partial charge in [-0.05, 0) is 30.3 Å². The second-order valence-electron chi connectivity index (χ2n) is 5.14. The number of rotatable bonds is 2. The fourth-order valence-electron chi connectivity index (χ4n) is 2.57. The molecule has 0 aliphatic heterocycles. The number of nitrogens with zero attached hydrogens (tertiary/aromatic N) is 4. The smallest absolute Gasteiger partial charge is 0.204 e. The van der Waals surface area contributed by atoms with Crippen LogP contribution in [0.2, 0.25) is 0 Å². The topological polar surface area (TPSA) is 113 Å². The average molecular weight is 383 g/mol. The zero-order valence-electron chi connectivity index (χ0n) is 12.2. The number of H-pyrrole nitrogens is 1. The number of benzene rings is 2. The van der Waals surface area contributed by atoms with Crippen LogP contribution in [0.4, 0.5) is 0 Å². The van der Waals surface area contributed by atoms with Crippen molar-refractivity contribution in [2.45, 2.75) is 0 Å². The number of hydrogen-bond donors (Lipinski definition) is 3. The molecule has 0 aliphatic rings. The van der Waals surface area contributed by atoms with E-state index in [9.17, 15) is 5.11 Å². The molecule has 0 amide bonds. The van der Waals surface area contributed by atoms with E-state index >= 15 is 0 Å². The van der Waals surface area contributed by atoms with Crippen LogP contribution in [0.25, 0.3) is 22.1 Å². The van der Waals surface area contributed by atoms with E-state index < -0.39 is 0 Å². The minimum absolute atomic E-state index is 0.0472. The van der Waals surface area contributed by atoms with Crippen molar-refractivity contribution < 1.29 is 5.11 Å². The van der Waals surface area contributed by atoms with Gasteiger partial charge in [-0.1, -0.05) is 28.1 Å². The molecule has 0 radical (unpaired) electrons. The van der Waals surface area contributed by atoms with Crippen LogP contribution in [-0.2, 0) is 0 Å². The molecule has 2 aromatic carbocycles. The number of halogens is 1. The van der Waals surface area contributed by atoms with Gasteiger partial charge in [0.2, 0.25) is 5.82 Å². The van der Waals surface area contributed by atoms with Crippen molar-refractivity contribution in [3.8, 4) is 5.75 Å². The molecule has 0 atom stereocenters. The fourth-order valence-corrected chi connectivity index (χ4v) is 2.93. The van der Waals surface area contributed by atoms with Gasteiger partial charge < -0.3 is 15.9 Å². The van der Waals surface area contributed by atoms with Crippen molar-refractivity contribution in [3.05, 3.63) is 58.3 Å². The van der Waals surface area contributed by atoms with Gasteiger partial charge in [-0.3, -0.25) is 0 Å². The van der Waals surface area contributed by atoms with Gasteiger partial charge in [0.15, 0.2) is 5.65 Å². The van der Waals surface area contributed by atoms with E-state index in [0.29, 0.717) is 16.7 Å². The summed E-state index contributed by atoms with van der Waals surface area (Å²) in [7, 11) is 0. The largest absolute Gasteiger partial charge is 0.507 e. The minimum atomic E-state index is 0.0472. The Balaban J connectivity index is 1.91. The zero-order chi connectivity index (χ0) is 16.7. The molecule has 0 unspecified atom stereocenters. The quantitative estimate of drug-likeness (QED) is 0.280. The van der Waals surface area contributed by atoms with E-state index in [-0.39, 0.29) is 17.3 Å². The van der Waals surface area contributed by atoms with Gasteiger partial charge in [0.05, 0.1) is 0 Å². The van der Waals surface area contributed by atoms with Crippen LogP contribution >= 0.6 is 15.9 Å². The number of phenolic OH excluding ortho intramolecular Hbond substituents is 1. The lowest BCUT2D eigenvalue weighted by Crippen LogP contribution is -2.12. The molecule has 0 fully saturated rings. The predicted octanol–water partition coefficient (Wildman–Crippen LogP) is 2.69. The third-order valence-electron chi connectivity index (χ3n) is 3.68. The molecule has 24 heavy (non-hydrogen) atoms. The van der Waals surface area contributed by atoms with Crippen LogP contribution < -0.4 is 5.84 Å². The van der Waals surface area contributed by atoms with E-state index in [1.54, 1.807) is 24.3 Å². The summed E-state index contributed by atoms with van der Waals surface area (Å²) in [4.78, 5) is 7.66. The first-order valence-corrected chi connectivity index (χ1v) is 7.85. The highest BCUT2D eigenvalue weighted by Crippen LogP contribution is 2.26. The summed E-state index contributed by atoms with van der Waals surface area (Å²) >= 11 is 3.44. The molecular weight excluding hydrogens is 372 g/mol. The van der Waals surface area contributed by atoms with Crippen molar-refractivity contribution in [2.24, 2.45) is 10.9 Å². The molecule has 118 valence electrons. The maximum atomic E-state index is 10.0. The summed E-state index contributed by atoms with van der Waals surface area (Å²) in [6.07, 6.45) is 0. The summed E-state index contributed by atoms with van der Waals surface area (Å²) in [5.41, 5.74) is 2.84. The summed E-state index contributed by atoms with van der Waals surface area (Å²) in [5, 5.41) is 23.0. The average Bonchev–Trinajstić information content (AvgIpc) is 2.94. The number of aromatic hydroxyl groups is 1. The number of aromatic amines is 1. The van der Waals surface area contributed by atoms with Gasteiger partial charge in [0.1, 0.15) is 17.0 Å². The summed E-state index contributed by atoms with van der Waals surface area (Å²) in [6, 6.07) is 12.5. The molecule has 0 bridgehead atoms. The highest BCUT2D eigenvalue weighted by Gasteiger charge is 2.17. The Hall–Kier alpha value is -3.00. The lowest BCUT2D eigenvalue weighted by molar-refractivity contribution is 0.474. The van der Waals surface area contributed by atoms with Gasteiger partial charge in [0, 0.05) is 20.9 Å². The minimum Gasteiger partial charge on any atom is -0.507 e. The number of para-hydroxylation sites is 1. The third-order valence-corrected chi connectivity index (χ3v) is 4.17. The van der Waals surface area contributed by atoms with Crippen LogP contribution in [0.15, 0.2) is 52.0 Å². The van der Waals surface area contributed by atoms with Gasteiger partial charge in [-0.15, -0.1) is 10.2 Å². The normalized spacial score (nSPS) is 12.1. The molecule has 7 nitrogen and oxygen atoms in total. The number of fused-ring (bicyclic) bond motifs is 3. The lowest BCUT2D eigenvalue weighted by Gasteiger charge is -2.05. The van der Waals surface area contributed by atoms with E-state index in [1.807, 2.05) is 18.2 Å². The van der Waals surface area contributed by atoms with E-state index in [2.05, 4.69) is 41.2 Å². The third kappa shape index (κ3) is 2.28. The molecule has 0 saturated heterocycles. The maximum Gasteiger partial charge on any atom is 0.204 e. The molecule has 0 saturated carbocycles. The second kappa shape index (κ2) is 5.57. The highest BCUT2D eigenvalue weighted by atomic mass is 79.9. The van der Waals surface area contributed by atoms with Crippen molar-refractivity contribution in [2.75, 3.05) is 0 Å². The number of phenols is 1. The van der Waals surface area contributed by atoms with Gasteiger partial charge in [-0.2, -0.15) is 5.10 Å². The predicted molar refractivity (Wildman–Crippen MR) is 94.8 cm³/mol. The molecule has 4 N–H and O–H groups in total. The number of hydrazone groups is 1. The van der Waals surface area contributed by atoms with Crippen LogP contribution in [0, 0.1) is 0 Å². The van der Waals surface area contributed by atoms with Crippen molar-refractivity contribution in [3.63, 3.8) is 0 Å². The number of aromatic nitrogens is 4. The molecule has 8 heteroatoms. The number of nitrogens with two attached hydrogens (primary N) is 1. The monoisotopic (exact) mass is 382 g/mol. The van der Waals surface area contributed by atoms with Crippen LogP contribution in [0.3, 0.4) is 0 Å². The van der Waals surface area contributed by atoms with Crippen LogP contribution in [0.1, 0.15) is 11.4 Å². The highest BCUT2D eigenvalue weighted by molar-refractivity contribution is 9.10. The molecule has 2 aromatic heterocycles. The van der Waals surface area contributed by atoms with Gasteiger partial charge in [-0.25, -0.2) is 4.98 Å².